The van der Waals surface area contributed by atoms with E-state index in [0.29, 0.717) is 6.79 Å². The maximum Gasteiger partial charge on any atom is 0.189 e. The Bertz CT molecular complexity index is 255. The third-order valence-electron chi connectivity index (χ3n) is 2.32. The van der Waals surface area contributed by atoms with E-state index in [0.717, 1.165) is 17.9 Å². The van der Waals surface area contributed by atoms with Gasteiger partial charge in [0.25, 0.3) is 0 Å². The zero-order valence-electron chi connectivity index (χ0n) is 7.39. The lowest BCUT2D eigenvalue weighted by atomic mass is 10.00. The molecule has 3 heteroatoms. The normalized spacial score (nSPS) is 27.8. The molecular weight excluding hydrogens is 154 g/mol. The Kier molecular flexibility index (Phi) is 1.81. The fourth-order valence-electron chi connectivity index (χ4n) is 1.59. The summed E-state index contributed by atoms with van der Waals surface area (Å²) in [5.41, 5.74) is 2.49. The van der Waals surface area contributed by atoms with Crippen molar-refractivity contribution in [3.05, 3.63) is 23.1 Å². The lowest BCUT2D eigenvalue weighted by Crippen LogP contribution is -2.18. The van der Waals surface area contributed by atoms with Crippen molar-refractivity contribution in [3.63, 3.8) is 0 Å². The predicted octanol–water partition coefficient (Wildman–Crippen LogP) is 1.14. The highest BCUT2D eigenvalue weighted by Gasteiger charge is 2.27. The Morgan fingerprint density at radius 3 is 3.17 bits per heavy atom. The van der Waals surface area contributed by atoms with Crippen LogP contribution >= 0.6 is 0 Å². The van der Waals surface area contributed by atoms with Crippen LogP contribution in [0.2, 0.25) is 0 Å². The first kappa shape index (κ1) is 7.68. The molecule has 0 aromatic rings. The van der Waals surface area contributed by atoms with Gasteiger partial charge in [0.15, 0.2) is 6.79 Å². The second kappa shape index (κ2) is 2.83. The van der Waals surface area contributed by atoms with Gasteiger partial charge in [0, 0.05) is 25.2 Å². The number of likely N-dealkylation sites (N-methyl/N-ethyl adjacent to an activating group) is 1. The van der Waals surface area contributed by atoms with Crippen LogP contribution in [0.1, 0.15) is 13.3 Å². The first-order chi connectivity index (χ1) is 5.81. The monoisotopic (exact) mass is 167 g/mol. The molecule has 12 heavy (non-hydrogen) atoms. The summed E-state index contributed by atoms with van der Waals surface area (Å²) in [6, 6.07) is 0. The van der Waals surface area contributed by atoms with Gasteiger partial charge in [-0.25, -0.2) is 0 Å². The topological polar surface area (TPSA) is 30.5 Å². The molecule has 0 bridgehead atoms. The maximum atomic E-state index is 5.37. The lowest BCUT2D eigenvalue weighted by Gasteiger charge is -2.18. The number of rotatable bonds is 1. The molecule has 3 nitrogen and oxygen atoms in total. The van der Waals surface area contributed by atoms with Crippen LogP contribution in [0.15, 0.2) is 23.1 Å². The molecule has 1 heterocycles. The van der Waals surface area contributed by atoms with Gasteiger partial charge >= 0.3 is 0 Å². The fraction of sp³-hybridized carbons (Fsp3) is 0.556. The van der Waals surface area contributed by atoms with Crippen LogP contribution in [0.4, 0.5) is 0 Å². The van der Waals surface area contributed by atoms with Gasteiger partial charge < -0.3 is 14.8 Å². The molecule has 0 spiro atoms. The molecule has 0 aromatic carbocycles. The fourth-order valence-corrected chi connectivity index (χ4v) is 1.59. The summed E-state index contributed by atoms with van der Waals surface area (Å²) in [6.07, 6.45) is 3.14. The van der Waals surface area contributed by atoms with Gasteiger partial charge in [-0.1, -0.05) is 0 Å². The molecule has 1 aliphatic carbocycles. The first-order valence-electron chi connectivity index (χ1n) is 4.15. The van der Waals surface area contributed by atoms with E-state index < -0.39 is 0 Å². The molecule has 0 aromatic heterocycles. The Morgan fingerprint density at radius 2 is 2.42 bits per heavy atom. The zero-order valence-corrected chi connectivity index (χ0v) is 7.39. The third-order valence-corrected chi connectivity index (χ3v) is 2.32. The number of fused-ring (bicyclic) bond motifs is 1. The van der Waals surface area contributed by atoms with E-state index in [4.69, 9.17) is 9.47 Å². The first-order valence-corrected chi connectivity index (χ1v) is 4.15. The number of allylic oxidation sites excluding steroid dienone is 1. The maximum absolute atomic E-state index is 5.37. The molecule has 2 aliphatic rings. The Morgan fingerprint density at radius 1 is 1.58 bits per heavy atom. The highest BCUT2D eigenvalue weighted by molar-refractivity contribution is 5.32. The molecule has 1 atom stereocenters. The molecule has 1 fully saturated rings. The van der Waals surface area contributed by atoms with Crippen LogP contribution in [0.3, 0.4) is 0 Å². The molecule has 1 saturated heterocycles. The van der Waals surface area contributed by atoms with Gasteiger partial charge in [0.2, 0.25) is 0 Å². The van der Waals surface area contributed by atoms with Gasteiger partial charge in [-0.05, 0) is 12.5 Å². The average molecular weight is 167 g/mol. The molecule has 1 aliphatic heterocycles. The summed E-state index contributed by atoms with van der Waals surface area (Å²) in [7, 11) is 1.92. The van der Waals surface area contributed by atoms with Crippen LogP contribution in [0, 0.1) is 0 Å². The Balaban J connectivity index is 2.26. The molecular formula is C9H13NO2. The van der Waals surface area contributed by atoms with Crippen molar-refractivity contribution in [2.75, 3.05) is 13.8 Å². The Hall–Kier alpha value is -0.960. The SMILES string of the molecule is CNC1=C(C)CC2OCOC2=C1. The molecule has 1 N–H and O–H groups in total. The van der Waals surface area contributed by atoms with Crippen molar-refractivity contribution < 1.29 is 9.47 Å². The van der Waals surface area contributed by atoms with Crippen LogP contribution in [0.25, 0.3) is 0 Å². The van der Waals surface area contributed by atoms with Crippen LogP contribution in [-0.4, -0.2) is 19.9 Å². The predicted molar refractivity (Wildman–Crippen MR) is 45.3 cm³/mol. The molecule has 66 valence electrons. The van der Waals surface area contributed by atoms with Gasteiger partial charge in [0.1, 0.15) is 11.9 Å². The molecule has 0 saturated carbocycles. The van der Waals surface area contributed by atoms with Crippen molar-refractivity contribution in [3.8, 4) is 0 Å². The number of ether oxygens (including phenoxy) is 2. The van der Waals surface area contributed by atoms with E-state index >= 15 is 0 Å². The molecule has 2 rings (SSSR count). The van der Waals surface area contributed by atoms with Crippen LogP contribution in [-0.2, 0) is 9.47 Å². The van der Waals surface area contributed by atoms with Gasteiger partial charge in [-0.3, -0.25) is 0 Å². The largest absolute Gasteiger partial charge is 0.469 e. The van der Waals surface area contributed by atoms with Crippen molar-refractivity contribution in [2.45, 2.75) is 19.4 Å². The van der Waals surface area contributed by atoms with E-state index in [1.165, 1.54) is 5.57 Å². The van der Waals surface area contributed by atoms with Crippen molar-refractivity contribution >= 4 is 0 Å². The molecule has 0 amide bonds. The second-order valence-corrected chi connectivity index (χ2v) is 3.11. The second-order valence-electron chi connectivity index (χ2n) is 3.11. The van der Waals surface area contributed by atoms with E-state index in [9.17, 15) is 0 Å². The number of hydrogen-bond acceptors (Lipinski definition) is 3. The minimum absolute atomic E-state index is 0.169. The number of nitrogens with one attached hydrogen (secondary N) is 1. The summed E-state index contributed by atoms with van der Waals surface area (Å²) in [5.74, 6) is 0.963. The van der Waals surface area contributed by atoms with Gasteiger partial charge in [-0.2, -0.15) is 0 Å². The quantitative estimate of drug-likeness (QED) is 0.635. The standard InChI is InChI=1S/C9H13NO2/c1-6-3-8-9(12-5-11-8)4-7(6)10-2/h4,8,10H,3,5H2,1-2H3. The number of hydrogen-bond donors (Lipinski definition) is 1. The third kappa shape index (κ3) is 1.10. The minimum atomic E-state index is 0.169. The van der Waals surface area contributed by atoms with Crippen molar-refractivity contribution in [1.82, 2.24) is 5.32 Å². The Labute approximate surface area is 72.0 Å². The smallest absolute Gasteiger partial charge is 0.189 e. The van der Waals surface area contributed by atoms with Crippen molar-refractivity contribution in [2.24, 2.45) is 0 Å². The molecule has 1 unspecified atom stereocenters. The van der Waals surface area contributed by atoms with Crippen LogP contribution in [0.5, 0.6) is 0 Å². The summed E-state index contributed by atoms with van der Waals surface area (Å²) in [6.45, 7) is 2.52. The summed E-state index contributed by atoms with van der Waals surface area (Å²) < 4.78 is 10.7. The molecule has 0 radical (unpaired) electrons. The highest BCUT2D eigenvalue weighted by Crippen LogP contribution is 2.29. The van der Waals surface area contributed by atoms with Gasteiger partial charge in [0.05, 0.1) is 0 Å². The summed E-state index contributed by atoms with van der Waals surface area (Å²) in [5, 5.41) is 3.13. The lowest BCUT2D eigenvalue weighted by molar-refractivity contribution is 0.0501. The van der Waals surface area contributed by atoms with Crippen LogP contribution < -0.4 is 5.32 Å². The summed E-state index contributed by atoms with van der Waals surface area (Å²) in [4.78, 5) is 0. The minimum Gasteiger partial charge on any atom is -0.469 e. The summed E-state index contributed by atoms with van der Waals surface area (Å²) >= 11 is 0. The van der Waals surface area contributed by atoms with E-state index in [-0.39, 0.29) is 6.10 Å². The van der Waals surface area contributed by atoms with E-state index in [1.807, 2.05) is 13.1 Å². The average Bonchev–Trinajstić information content (AvgIpc) is 2.49. The van der Waals surface area contributed by atoms with E-state index in [2.05, 4.69) is 12.2 Å². The van der Waals surface area contributed by atoms with E-state index in [1.54, 1.807) is 0 Å². The van der Waals surface area contributed by atoms with Crippen molar-refractivity contribution in [1.29, 1.82) is 0 Å². The van der Waals surface area contributed by atoms with Gasteiger partial charge in [-0.15, -0.1) is 0 Å². The zero-order chi connectivity index (χ0) is 8.55. The highest BCUT2D eigenvalue weighted by atomic mass is 16.7.